The van der Waals surface area contributed by atoms with E-state index in [1.165, 1.54) is 11.1 Å². The van der Waals surface area contributed by atoms with Crippen molar-refractivity contribution in [2.45, 2.75) is 52.4 Å². The van der Waals surface area contributed by atoms with Crippen LogP contribution in [0, 0.1) is 0 Å². The van der Waals surface area contributed by atoms with Crippen molar-refractivity contribution in [2.24, 2.45) is 0 Å². The van der Waals surface area contributed by atoms with E-state index in [0.717, 1.165) is 90.0 Å². The fraction of sp³-hybridized carbons (Fsp3) is 0.118. The number of nitrogens with one attached hydrogen (secondary N) is 1. The van der Waals surface area contributed by atoms with Gasteiger partial charge in [-0.05, 0) is 98.8 Å². The van der Waals surface area contributed by atoms with Crippen molar-refractivity contribution in [1.82, 2.24) is 0 Å². The summed E-state index contributed by atoms with van der Waals surface area (Å²) in [5, 5.41) is 4.11. The van der Waals surface area contributed by atoms with Gasteiger partial charge in [0.25, 0.3) is 0 Å². The maximum Gasteiger partial charge on any atom is 0.0543 e. The first-order valence-electron chi connectivity index (χ1n) is 24.8. The van der Waals surface area contributed by atoms with E-state index < -0.39 is 0 Å². The van der Waals surface area contributed by atoms with Gasteiger partial charge in [-0.15, -0.1) is 0 Å². The lowest BCUT2D eigenvalue weighted by atomic mass is 9.86. The molecule has 0 saturated carbocycles. The van der Waals surface area contributed by atoms with Gasteiger partial charge in [0.15, 0.2) is 0 Å². The molecule has 0 amide bonds. The van der Waals surface area contributed by atoms with Crippen LogP contribution in [0.1, 0.15) is 52.7 Å². The number of hydrogen-bond donors (Lipinski definition) is 1. The van der Waals surface area contributed by atoms with E-state index in [4.69, 9.17) is 0 Å². The smallest absolute Gasteiger partial charge is 0.0543 e. The van der Waals surface area contributed by atoms with Gasteiger partial charge in [0, 0.05) is 39.3 Å². The number of nitrogens with zero attached hydrogens (tertiary/aromatic N) is 2. The van der Waals surface area contributed by atoms with Gasteiger partial charge >= 0.3 is 0 Å². The van der Waals surface area contributed by atoms with E-state index in [0.29, 0.717) is 0 Å². The molecule has 0 aromatic heterocycles. The normalized spacial score (nSPS) is 11.5. The van der Waals surface area contributed by atoms with E-state index in [9.17, 15) is 0 Å². The van der Waals surface area contributed by atoms with Crippen LogP contribution >= 0.6 is 0 Å². The lowest BCUT2D eigenvalue weighted by Crippen LogP contribution is -2.15. The van der Waals surface area contributed by atoms with Crippen LogP contribution in [0.3, 0.4) is 0 Å². The Kier molecular flexibility index (Phi) is 13.0. The zero-order valence-corrected chi connectivity index (χ0v) is 41.6. The Morgan fingerprint density at radius 2 is 0.606 bits per heavy atom. The summed E-state index contributed by atoms with van der Waals surface area (Å²) >= 11 is 0. The predicted octanol–water partition coefficient (Wildman–Crippen LogP) is 19.6. The van der Waals surface area contributed by atoms with Gasteiger partial charge in [-0.25, -0.2) is 0 Å². The van der Waals surface area contributed by atoms with Crippen LogP contribution in [0.15, 0.2) is 255 Å². The maximum absolute atomic E-state index is 4.11. The average Bonchev–Trinajstić information content (AvgIpc) is 3.40. The maximum atomic E-state index is 4.11. The standard InChI is InChI=1S/C68H61N3/c1-67(2,3)53-42-38-51(39-43-53)60-32-19-21-36-64(60)70(56-28-15-9-16-29-56)58-46-55(69-66-62(49-24-11-7-12-25-49)34-23-35-63(66)50-26-13-8-14-27-50)47-59(48-58)71(57-30-17-10-18-31-57)65-37-22-20-33-61(65)52-40-44-54(45-41-52)68(4,5)6/h7-48,69H,1-6H3. The molecule has 3 heteroatoms. The molecule has 348 valence electrons. The fourth-order valence-corrected chi connectivity index (χ4v) is 9.61. The lowest BCUT2D eigenvalue weighted by Gasteiger charge is -2.32. The minimum Gasteiger partial charge on any atom is -0.354 e. The molecule has 1 N–H and O–H groups in total. The third-order valence-electron chi connectivity index (χ3n) is 13.4. The molecule has 0 spiro atoms. The highest BCUT2D eigenvalue weighted by Gasteiger charge is 2.24. The quantitative estimate of drug-likeness (QED) is 0.132. The van der Waals surface area contributed by atoms with E-state index in [-0.39, 0.29) is 10.8 Å². The van der Waals surface area contributed by atoms with Crippen LogP contribution in [0.25, 0.3) is 44.5 Å². The summed E-state index contributed by atoms with van der Waals surface area (Å²) in [5.41, 5.74) is 20.0. The molecule has 0 heterocycles. The van der Waals surface area contributed by atoms with Crippen LogP contribution in [0.4, 0.5) is 45.5 Å². The summed E-state index contributed by atoms with van der Waals surface area (Å²) in [7, 11) is 0. The SMILES string of the molecule is CC(C)(C)c1ccc(-c2ccccc2N(c2ccccc2)c2cc(Nc3c(-c4ccccc4)cccc3-c3ccccc3)cc(N(c3ccccc3)c3ccccc3-c3ccc(C(C)(C)C)cc3)c2)cc1. The Balaban J connectivity index is 1.24. The summed E-state index contributed by atoms with van der Waals surface area (Å²) in [6.45, 7) is 13.6. The number of rotatable bonds is 12. The highest BCUT2D eigenvalue weighted by molar-refractivity contribution is 5.97. The molecule has 0 aliphatic carbocycles. The Morgan fingerprint density at radius 1 is 0.282 bits per heavy atom. The molecule has 10 aromatic rings. The first kappa shape index (κ1) is 46.3. The molecule has 0 radical (unpaired) electrons. The molecule has 0 bridgehead atoms. The second-order valence-electron chi connectivity index (χ2n) is 20.4. The molecular formula is C68H61N3. The van der Waals surface area contributed by atoms with Gasteiger partial charge < -0.3 is 15.1 Å². The third-order valence-corrected chi connectivity index (χ3v) is 13.4. The van der Waals surface area contributed by atoms with E-state index in [2.05, 4.69) is 311 Å². The van der Waals surface area contributed by atoms with E-state index in [1.807, 2.05) is 0 Å². The highest BCUT2D eigenvalue weighted by atomic mass is 15.2. The molecule has 0 fully saturated rings. The first-order chi connectivity index (χ1) is 34.5. The summed E-state index contributed by atoms with van der Waals surface area (Å²) in [6.07, 6.45) is 0. The molecule has 0 aliphatic rings. The van der Waals surface area contributed by atoms with Gasteiger partial charge in [0.05, 0.1) is 28.4 Å². The van der Waals surface area contributed by atoms with E-state index in [1.54, 1.807) is 0 Å². The summed E-state index contributed by atoms with van der Waals surface area (Å²) in [6, 6.07) is 92.4. The Hall–Kier alpha value is -8.40. The van der Waals surface area contributed by atoms with Gasteiger partial charge in [-0.1, -0.05) is 242 Å². The van der Waals surface area contributed by atoms with Crippen molar-refractivity contribution < 1.29 is 0 Å². The summed E-state index contributed by atoms with van der Waals surface area (Å²) in [5.74, 6) is 0. The Labute approximate surface area is 421 Å². The van der Waals surface area contributed by atoms with Crippen molar-refractivity contribution in [3.8, 4) is 44.5 Å². The Bertz CT molecular complexity index is 3150. The van der Waals surface area contributed by atoms with Crippen molar-refractivity contribution in [3.63, 3.8) is 0 Å². The van der Waals surface area contributed by atoms with Gasteiger partial charge in [0.2, 0.25) is 0 Å². The molecule has 10 aromatic carbocycles. The molecular weight excluding hydrogens is 859 g/mol. The zero-order chi connectivity index (χ0) is 49.0. The summed E-state index contributed by atoms with van der Waals surface area (Å²) in [4.78, 5) is 4.84. The zero-order valence-electron chi connectivity index (χ0n) is 41.6. The van der Waals surface area contributed by atoms with Gasteiger partial charge in [-0.2, -0.15) is 0 Å². The summed E-state index contributed by atoms with van der Waals surface area (Å²) < 4.78 is 0. The predicted molar refractivity (Wildman–Crippen MR) is 305 cm³/mol. The van der Waals surface area contributed by atoms with Crippen LogP contribution < -0.4 is 15.1 Å². The van der Waals surface area contributed by atoms with Crippen LogP contribution in [0.5, 0.6) is 0 Å². The molecule has 3 nitrogen and oxygen atoms in total. The van der Waals surface area contributed by atoms with Crippen molar-refractivity contribution >= 4 is 45.5 Å². The van der Waals surface area contributed by atoms with Crippen molar-refractivity contribution in [3.05, 3.63) is 266 Å². The number of anilines is 8. The third kappa shape index (κ3) is 10.0. The largest absolute Gasteiger partial charge is 0.354 e. The second-order valence-corrected chi connectivity index (χ2v) is 20.4. The van der Waals surface area contributed by atoms with Crippen LogP contribution in [-0.4, -0.2) is 0 Å². The average molecular weight is 920 g/mol. The van der Waals surface area contributed by atoms with Crippen LogP contribution in [0.2, 0.25) is 0 Å². The molecule has 0 atom stereocenters. The minimum absolute atomic E-state index is 0.0383. The van der Waals surface area contributed by atoms with E-state index >= 15 is 0 Å². The molecule has 10 rings (SSSR count). The fourth-order valence-electron chi connectivity index (χ4n) is 9.61. The van der Waals surface area contributed by atoms with Gasteiger partial charge in [-0.3, -0.25) is 0 Å². The number of para-hydroxylation sites is 5. The van der Waals surface area contributed by atoms with Crippen LogP contribution in [-0.2, 0) is 10.8 Å². The topological polar surface area (TPSA) is 18.5 Å². The minimum atomic E-state index is 0.0383. The molecule has 0 aliphatic heterocycles. The second kappa shape index (κ2) is 19.9. The molecule has 0 unspecified atom stereocenters. The monoisotopic (exact) mass is 919 g/mol. The highest BCUT2D eigenvalue weighted by Crippen LogP contribution is 2.48. The number of benzene rings is 10. The first-order valence-corrected chi connectivity index (χ1v) is 24.8. The van der Waals surface area contributed by atoms with Crippen molar-refractivity contribution in [1.29, 1.82) is 0 Å². The van der Waals surface area contributed by atoms with Gasteiger partial charge in [0.1, 0.15) is 0 Å². The van der Waals surface area contributed by atoms with Crippen molar-refractivity contribution in [2.75, 3.05) is 15.1 Å². The lowest BCUT2D eigenvalue weighted by molar-refractivity contribution is 0.590. The number of hydrogen-bond acceptors (Lipinski definition) is 3. The molecule has 71 heavy (non-hydrogen) atoms. The Morgan fingerprint density at radius 3 is 0.986 bits per heavy atom. The molecule has 0 saturated heterocycles.